The summed E-state index contributed by atoms with van der Waals surface area (Å²) < 4.78 is 0. The fraction of sp³-hybridized carbons (Fsp3) is 0.636. The van der Waals surface area contributed by atoms with Crippen molar-refractivity contribution >= 4 is 11.7 Å². The van der Waals surface area contributed by atoms with Gasteiger partial charge in [-0.3, -0.25) is 9.59 Å². The summed E-state index contributed by atoms with van der Waals surface area (Å²) in [6.07, 6.45) is 12.5. The Morgan fingerprint density at radius 1 is 1.15 bits per heavy atom. The highest BCUT2D eigenvalue weighted by Gasteiger charge is 2.07. The Hall–Kier alpha value is -1.84. The van der Waals surface area contributed by atoms with Gasteiger partial charge in [-0.1, -0.05) is 52.2 Å². The number of carbonyl (C=O) groups is 2. The Kier molecular flexibility index (Phi) is 18.2. The summed E-state index contributed by atoms with van der Waals surface area (Å²) in [5, 5.41) is 5.74. The molecule has 0 saturated heterocycles. The van der Waals surface area contributed by atoms with Crippen LogP contribution < -0.4 is 10.6 Å². The van der Waals surface area contributed by atoms with Crippen LogP contribution in [0.15, 0.2) is 35.6 Å². The summed E-state index contributed by atoms with van der Waals surface area (Å²) in [7, 11) is 1.60. The van der Waals surface area contributed by atoms with Crippen LogP contribution in [0.3, 0.4) is 0 Å². The van der Waals surface area contributed by atoms with Crippen LogP contribution in [0.4, 0.5) is 0 Å². The van der Waals surface area contributed by atoms with Crippen LogP contribution in [0.2, 0.25) is 0 Å². The molecule has 0 aromatic heterocycles. The molecule has 0 spiro atoms. The zero-order chi connectivity index (χ0) is 20.4. The maximum atomic E-state index is 11.3. The number of hydrogen-bond acceptors (Lipinski definition) is 3. The highest BCUT2D eigenvalue weighted by molar-refractivity contribution is 5.96. The molecule has 4 nitrogen and oxygen atoms in total. The average Bonchev–Trinajstić information content (AvgIpc) is 2.82. The molecule has 0 aromatic rings. The highest BCUT2D eigenvalue weighted by atomic mass is 16.1. The number of ketones is 1. The zero-order valence-corrected chi connectivity index (χ0v) is 17.8. The molecule has 0 radical (unpaired) electrons. The van der Waals surface area contributed by atoms with Crippen LogP contribution in [0, 0.1) is 0 Å². The van der Waals surface area contributed by atoms with Crippen molar-refractivity contribution in [2.75, 3.05) is 13.6 Å². The van der Waals surface area contributed by atoms with Crippen molar-refractivity contribution in [2.45, 2.75) is 79.6 Å². The normalized spacial score (nSPS) is 13.8. The molecule has 4 heteroatoms. The van der Waals surface area contributed by atoms with Gasteiger partial charge in [0.1, 0.15) is 0 Å². The molecule has 0 fully saturated rings. The van der Waals surface area contributed by atoms with E-state index in [2.05, 4.69) is 38.0 Å². The molecule has 1 amide bonds. The van der Waals surface area contributed by atoms with Crippen molar-refractivity contribution in [1.82, 2.24) is 10.6 Å². The van der Waals surface area contributed by atoms with E-state index in [1.54, 1.807) is 20.0 Å². The van der Waals surface area contributed by atoms with E-state index in [9.17, 15) is 9.59 Å². The molecule has 1 heterocycles. The Morgan fingerprint density at radius 3 is 2.08 bits per heavy atom. The first-order valence-corrected chi connectivity index (χ1v) is 9.80. The van der Waals surface area contributed by atoms with E-state index in [1.807, 2.05) is 6.08 Å². The second-order valence-electron chi connectivity index (χ2n) is 6.41. The maximum Gasteiger partial charge on any atom is 0.216 e. The van der Waals surface area contributed by atoms with Gasteiger partial charge < -0.3 is 10.6 Å². The number of amides is 1. The third kappa shape index (κ3) is 15.7. The molecule has 0 unspecified atom stereocenters. The quantitative estimate of drug-likeness (QED) is 0.393. The molecular formula is C22H40N2O2. The Balaban J connectivity index is 0. The van der Waals surface area contributed by atoms with E-state index in [0.29, 0.717) is 5.57 Å². The van der Waals surface area contributed by atoms with Crippen molar-refractivity contribution < 1.29 is 9.59 Å². The number of allylic oxidation sites excluding steroid dienone is 5. The van der Waals surface area contributed by atoms with Crippen LogP contribution >= 0.6 is 0 Å². The number of unbranched alkanes of at least 4 members (excludes halogenated alkanes) is 3. The van der Waals surface area contributed by atoms with Crippen LogP contribution in [0.25, 0.3) is 0 Å². The van der Waals surface area contributed by atoms with E-state index in [-0.39, 0.29) is 11.7 Å². The Labute approximate surface area is 161 Å². The van der Waals surface area contributed by atoms with Crippen LogP contribution in [-0.4, -0.2) is 25.3 Å². The highest BCUT2D eigenvalue weighted by Crippen LogP contribution is 2.18. The number of rotatable bonds is 6. The SMILES string of the molecule is C=C/C(=C\C1=C(C)NCCCC1)C(C)=O.CCCCCC.CNC(C)=O. The second kappa shape index (κ2) is 18.0. The van der Waals surface area contributed by atoms with Gasteiger partial charge in [-0.15, -0.1) is 0 Å². The van der Waals surface area contributed by atoms with Crippen molar-refractivity contribution in [2.24, 2.45) is 0 Å². The minimum atomic E-state index is 0.00463. The van der Waals surface area contributed by atoms with Gasteiger partial charge in [0.2, 0.25) is 5.91 Å². The van der Waals surface area contributed by atoms with Gasteiger partial charge in [-0.05, 0) is 44.8 Å². The molecule has 1 aliphatic heterocycles. The summed E-state index contributed by atoms with van der Waals surface area (Å²) in [6.45, 7) is 14.3. The molecule has 2 N–H and O–H groups in total. The molecular weight excluding hydrogens is 324 g/mol. The monoisotopic (exact) mass is 364 g/mol. The molecule has 0 saturated carbocycles. The molecule has 1 aliphatic rings. The lowest BCUT2D eigenvalue weighted by molar-refractivity contribution is -0.118. The standard InChI is InChI=1S/C13H19NO.C6H14.C3H7NO/c1-4-12(11(3)15)9-13-7-5-6-8-14-10(13)2;1-3-5-6-4-2;1-3(5)4-2/h4,9,14H,1,5-8H2,2-3H3;3-6H2,1-2H3;1-2H3,(H,4,5)/b12-9+;;. The van der Waals surface area contributed by atoms with Crippen LogP contribution in [0.5, 0.6) is 0 Å². The predicted molar refractivity (Wildman–Crippen MR) is 113 cm³/mol. The van der Waals surface area contributed by atoms with E-state index in [1.165, 1.54) is 56.7 Å². The molecule has 0 aliphatic carbocycles. The fourth-order valence-corrected chi connectivity index (χ4v) is 2.19. The fourth-order valence-electron chi connectivity index (χ4n) is 2.19. The van der Waals surface area contributed by atoms with Crippen molar-refractivity contribution in [1.29, 1.82) is 0 Å². The van der Waals surface area contributed by atoms with E-state index in [4.69, 9.17) is 0 Å². The van der Waals surface area contributed by atoms with Crippen LogP contribution in [0.1, 0.15) is 79.6 Å². The van der Waals surface area contributed by atoms with Gasteiger partial charge in [-0.25, -0.2) is 0 Å². The minimum Gasteiger partial charge on any atom is -0.388 e. The van der Waals surface area contributed by atoms with E-state index >= 15 is 0 Å². The number of nitrogens with one attached hydrogen (secondary N) is 2. The first-order chi connectivity index (χ1) is 12.3. The van der Waals surface area contributed by atoms with Gasteiger partial charge in [0.25, 0.3) is 0 Å². The van der Waals surface area contributed by atoms with Crippen molar-refractivity contribution in [3.8, 4) is 0 Å². The van der Waals surface area contributed by atoms with Gasteiger partial charge in [0.15, 0.2) is 5.78 Å². The lowest BCUT2D eigenvalue weighted by atomic mass is 10.0. The van der Waals surface area contributed by atoms with E-state index in [0.717, 1.165) is 13.0 Å². The Morgan fingerprint density at radius 2 is 1.69 bits per heavy atom. The zero-order valence-electron chi connectivity index (χ0n) is 17.8. The maximum absolute atomic E-state index is 11.3. The molecule has 26 heavy (non-hydrogen) atoms. The van der Waals surface area contributed by atoms with Gasteiger partial charge in [-0.2, -0.15) is 0 Å². The molecule has 1 rings (SSSR count). The smallest absolute Gasteiger partial charge is 0.216 e. The van der Waals surface area contributed by atoms with Crippen molar-refractivity contribution in [3.63, 3.8) is 0 Å². The molecule has 150 valence electrons. The topological polar surface area (TPSA) is 58.2 Å². The third-order valence-corrected chi connectivity index (χ3v) is 4.01. The summed E-state index contributed by atoms with van der Waals surface area (Å²) in [5.41, 5.74) is 3.12. The van der Waals surface area contributed by atoms with E-state index < -0.39 is 0 Å². The number of Topliss-reactive ketones (excluding diaryl/α,β-unsaturated/α-hetero) is 1. The first-order valence-electron chi connectivity index (χ1n) is 9.80. The lowest BCUT2D eigenvalue weighted by Gasteiger charge is -2.06. The van der Waals surface area contributed by atoms with Gasteiger partial charge in [0, 0.05) is 31.8 Å². The summed E-state index contributed by atoms with van der Waals surface area (Å²) in [5.74, 6) is 0.0829. The van der Waals surface area contributed by atoms with Crippen LogP contribution in [-0.2, 0) is 9.59 Å². The molecule has 0 aromatic carbocycles. The lowest BCUT2D eigenvalue weighted by Crippen LogP contribution is -2.11. The summed E-state index contributed by atoms with van der Waals surface area (Å²) in [4.78, 5) is 21.0. The van der Waals surface area contributed by atoms with Gasteiger partial charge >= 0.3 is 0 Å². The summed E-state index contributed by atoms with van der Waals surface area (Å²) >= 11 is 0. The minimum absolute atomic E-state index is 0.00463. The Bertz CT molecular complexity index is 473. The molecule has 0 atom stereocenters. The first kappa shape index (κ1) is 26.4. The third-order valence-electron chi connectivity index (χ3n) is 4.01. The van der Waals surface area contributed by atoms with Gasteiger partial charge in [0.05, 0.1) is 0 Å². The average molecular weight is 365 g/mol. The number of hydrogen-bond donors (Lipinski definition) is 2. The second-order valence-corrected chi connectivity index (χ2v) is 6.41. The molecule has 0 bridgehead atoms. The predicted octanol–water partition coefficient (Wildman–Crippen LogP) is 5.07. The largest absolute Gasteiger partial charge is 0.388 e. The number of carbonyl (C=O) groups excluding carboxylic acids is 2. The summed E-state index contributed by atoms with van der Waals surface area (Å²) in [6, 6.07) is 0. The van der Waals surface area contributed by atoms with Crippen molar-refractivity contribution in [3.05, 3.63) is 35.6 Å².